The van der Waals surface area contributed by atoms with Gasteiger partial charge >= 0.3 is 0 Å². The van der Waals surface area contributed by atoms with E-state index in [1.54, 1.807) is 0 Å². The number of halogens is 1. The summed E-state index contributed by atoms with van der Waals surface area (Å²) >= 11 is 0. The summed E-state index contributed by atoms with van der Waals surface area (Å²) in [4.78, 5) is 0. The van der Waals surface area contributed by atoms with Crippen molar-refractivity contribution in [1.29, 1.82) is 0 Å². The average molecular weight is 286 g/mol. The van der Waals surface area contributed by atoms with Crippen molar-refractivity contribution >= 4 is 0 Å². The average Bonchev–Trinajstić information content (AvgIpc) is 2.50. The molecule has 1 fully saturated rings. The maximum atomic E-state index is 14.2. The Bertz CT molecular complexity index is 544. The molecule has 2 rings (SSSR count). The third kappa shape index (κ3) is 2.94. The minimum Gasteiger partial charge on any atom is -0.478 e. The molecule has 0 bridgehead atoms. The van der Waals surface area contributed by atoms with Crippen LogP contribution in [-0.2, 0) is 10.3 Å². The molecule has 0 radical (unpaired) electrons. The summed E-state index contributed by atoms with van der Waals surface area (Å²) in [6.45, 7) is 9.52. The van der Waals surface area contributed by atoms with Gasteiger partial charge < -0.3 is 4.74 Å². The van der Waals surface area contributed by atoms with Crippen molar-refractivity contribution in [1.82, 2.24) is 0 Å². The fourth-order valence-electron chi connectivity index (χ4n) is 2.95. The second kappa shape index (κ2) is 6.75. The molecule has 112 valence electrons. The summed E-state index contributed by atoms with van der Waals surface area (Å²) in [5.41, 5.74) is 0.853. The number of hydrogen-bond acceptors (Lipinski definition) is 1. The Morgan fingerprint density at radius 2 is 1.95 bits per heavy atom. The minimum absolute atomic E-state index is 0.328. The topological polar surface area (TPSA) is 9.23 Å². The summed E-state index contributed by atoms with van der Waals surface area (Å²) in [5.74, 6) is 0.0948. The zero-order chi connectivity index (χ0) is 15.3. The maximum absolute atomic E-state index is 14.2. The molecule has 1 aliphatic rings. The smallest absolute Gasteiger partial charge is 0.165 e. The first-order valence-electron chi connectivity index (χ1n) is 7.62. The summed E-state index contributed by atoms with van der Waals surface area (Å²) in [6.07, 6.45) is 6.51. The predicted octanol–water partition coefficient (Wildman–Crippen LogP) is 5.81. The molecular weight excluding hydrogens is 263 g/mol. The number of hydrogen-bond donors (Lipinski definition) is 0. The number of unbranched alkanes of at least 4 members (excludes halogenated alkanes) is 3. The summed E-state index contributed by atoms with van der Waals surface area (Å²) in [5, 5.41) is 0. The Morgan fingerprint density at radius 3 is 2.52 bits per heavy atom. The van der Waals surface area contributed by atoms with E-state index in [2.05, 4.69) is 20.1 Å². The van der Waals surface area contributed by atoms with Gasteiger partial charge in [0.25, 0.3) is 0 Å². The lowest BCUT2D eigenvalue weighted by molar-refractivity contribution is -0.0419. The van der Waals surface area contributed by atoms with E-state index < -0.39 is 5.60 Å². The SMILES string of the molecule is C=C/C(F)=C1\C(=C)OC1(CCCCCC)c1ccccc1. The molecule has 1 unspecified atom stereocenters. The van der Waals surface area contributed by atoms with Crippen molar-refractivity contribution in [3.05, 3.63) is 72.3 Å². The zero-order valence-corrected chi connectivity index (χ0v) is 12.7. The first kappa shape index (κ1) is 15.6. The van der Waals surface area contributed by atoms with E-state index >= 15 is 0 Å². The molecule has 0 spiro atoms. The second-order valence-electron chi connectivity index (χ2n) is 5.46. The molecule has 1 heterocycles. The van der Waals surface area contributed by atoms with Gasteiger partial charge in [0.05, 0.1) is 5.57 Å². The van der Waals surface area contributed by atoms with Crippen molar-refractivity contribution in [2.45, 2.75) is 44.6 Å². The van der Waals surface area contributed by atoms with Crippen LogP contribution < -0.4 is 0 Å². The maximum Gasteiger partial charge on any atom is 0.165 e. The van der Waals surface area contributed by atoms with Crippen LogP contribution in [0.4, 0.5) is 4.39 Å². The highest BCUT2D eigenvalue weighted by Crippen LogP contribution is 2.53. The molecule has 0 saturated carbocycles. The summed E-state index contributed by atoms with van der Waals surface area (Å²) in [6, 6.07) is 9.84. The first-order chi connectivity index (χ1) is 10.2. The highest BCUT2D eigenvalue weighted by molar-refractivity contribution is 5.51. The monoisotopic (exact) mass is 286 g/mol. The number of allylic oxidation sites excluding steroid dienone is 2. The molecule has 1 atom stereocenters. The standard InChI is InChI=1S/C19H23FO/c1-4-6-7-11-14-19(16-12-9-8-10-13-16)18(15(3)21-19)17(20)5-2/h5,8-10,12-13H,2-4,6-7,11,14H2,1H3/b18-17-. The molecule has 0 amide bonds. The highest BCUT2D eigenvalue weighted by atomic mass is 19.1. The number of benzene rings is 1. The van der Waals surface area contributed by atoms with Crippen molar-refractivity contribution < 1.29 is 9.13 Å². The highest BCUT2D eigenvalue weighted by Gasteiger charge is 2.50. The van der Waals surface area contributed by atoms with E-state index in [0.717, 1.165) is 24.8 Å². The Balaban J connectivity index is 2.32. The normalized spacial score (nSPS) is 23.2. The van der Waals surface area contributed by atoms with Gasteiger partial charge in [-0.1, -0.05) is 69.7 Å². The van der Waals surface area contributed by atoms with Crippen LogP contribution in [-0.4, -0.2) is 0 Å². The fraction of sp³-hybridized carbons (Fsp3) is 0.368. The number of ether oxygens (including phenoxy) is 1. The van der Waals surface area contributed by atoms with Gasteiger partial charge in [0, 0.05) is 5.56 Å². The lowest BCUT2D eigenvalue weighted by atomic mass is 9.76. The first-order valence-corrected chi connectivity index (χ1v) is 7.62. The number of rotatable bonds is 7. The van der Waals surface area contributed by atoms with Crippen molar-refractivity contribution in [3.8, 4) is 0 Å². The van der Waals surface area contributed by atoms with Gasteiger partial charge in [-0.3, -0.25) is 0 Å². The molecule has 1 saturated heterocycles. The van der Waals surface area contributed by atoms with Crippen LogP contribution in [0, 0.1) is 0 Å². The van der Waals surface area contributed by atoms with Crippen LogP contribution in [0.1, 0.15) is 44.6 Å². The van der Waals surface area contributed by atoms with Gasteiger partial charge in [0.1, 0.15) is 11.6 Å². The van der Waals surface area contributed by atoms with E-state index in [4.69, 9.17) is 4.74 Å². The third-order valence-electron chi connectivity index (χ3n) is 4.02. The van der Waals surface area contributed by atoms with Crippen molar-refractivity contribution in [3.63, 3.8) is 0 Å². The molecule has 1 nitrogen and oxygen atoms in total. The van der Waals surface area contributed by atoms with Gasteiger partial charge in [-0.2, -0.15) is 0 Å². The van der Waals surface area contributed by atoms with Gasteiger partial charge in [0.15, 0.2) is 5.60 Å². The largest absolute Gasteiger partial charge is 0.478 e. The third-order valence-corrected chi connectivity index (χ3v) is 4.02. The minimum atomic E-state index is -0.690. The summed E-state index contributed by atoms with van der Waals surface area (Å²) < 4.78 is 20.1. The van der Waals surface area contributed by atoms with Gasteiger partial charge in [-0.25, -0.2) is 4.39 Å². The van der Waals surface area contributed by atoms with Crippen molar-refractivity contribution in [2.24, 2.45) is 0 Å². The van der Waals surface area contributed by atoms with E-state index in [1.165, 1.54) is 18.9 Å². The van der Waals surface area contributed by atoms with E-state index in [9.17, 15) is 4.39 Å². The lowest BCUT2D eigenvalue weighted by Gasteiger charge is -2.47. The van der Waals surface area contributed by atoms with Crippen molar-refractivity contribution in [2.75, 3.05) is 0 Å². The molecule has 1 aromatic rings. The second-order valence-corrected chi connectivity index (χ2v) is 5.46. The fourth-order valence-corrected chi connectivity index (χ4v) is 2.95. The zero-order valence-electron chi connectivity index (χ0n) is 12.7. The Morgan fingerprint density at radius 1 is 1.24 bits per heavy atom. The van der Waals surface area contributed by atoms with Crippen LogP contribution in [0.3, 0.4) is 0 Å². The molecule has 0 aromatic heterocycles. The summed E-state index contributed by atoms with van der Waals surface area (Å²) in [7, 11) is 0. The molecule has 0 N–H and O–H groups in total. The molecule has 0 aliphatic carbocycles. The molecule has 1 aromatic carbocycles. The van der Waals surface area contributed by atoms with Crippen LogP contribution in [0.25, 0.3) is 0 Å². The quantitative estimate of drug-likeness (QED) is 0.575. The molecular formula is C19H23FO. The molecule has 21 heavy (non-hydrogen) atoms. The van der Waals surface area contributed by atoms with Crippen LogP contribution in [0.15, 0.2) is 66.7 Å². The van der Waals surface area contributed by atoms with E-state index in [1.807, 2.05) is 30.3 Å². The van der Waals surface area contributed by atoms with Crippen LogP contribution >= 0.6 is 0 Å². The van der Waals surface area contributed by atoms with E-state index in [0.29, 0.717) is 11.3 Å². The Kier molecular flexibility index (Phi) is 5.00. The molecule has 1 aliphatic heterocycles. The van der Waals surface area contributed by atoms with Gasteiger partial charge in [-0.05, 0) is 18.9 Å². The Labute approximate surface area is 126 Å². The van der Waals surface area contributed by atoms with Gasteiger partial charge in [0.2, 0.25) is 0 Å². The molecule has 2 heteroatoms. The van der Waals surface area contributed by atoms with Crippen LogP contribution in [0.5, 0.6) is 0 Å². The predicted molar refractivity (Wildman–Crippen MR) is 85.4 cm³/mol. The Hall–Kier alpha value is -1.83. The van der Waals surface area contributed by atoms with Gasteiger partial charge in [-0.15, -0.1) is 0 Å². The lowest BCUT2D eigenvalue weighted by Crippen LogP contribution is -2.42. The van der Waals surface area contributed by atoms with Crippen LogP contribution in [0.2, 0.25) is 0 Å². The van der Waals surface area contributed by atoms with E-state index in [-0.39, 0.29) is 5.83 Å².